The molecule has 0 aromatic heterocycles. The molecule has 2 rings (SSSR count). The highest BCUT2D eigenvalue weighted by Gasteiger charge is 2.26. The first-order valence-electron chi connectivity index (χ1n) is 6.49. The SMILES string of the molecule is CC(=O)NC1CCN(C(=O)NCc2ccccc2)C1. The van der Waals surface area contributed by atoms with Crippen molar-refractivity contribution in [3.8, 4) is 0 Å². The second-order valence-corrected chi connectivity index (χ2v) is 4.78. The van der Waals surface area contributed by atoms with Gasteiger partial charge in [0, 0.05) is 32.6 Å². The summed E-state index contributed by atoms with van der Waals surface area (Å²) < 4.78 is 0. The van der Waals surface area contributed by atoms with Crippen molar-refractivity contribution >= 4 is 11.9 Å². The van der Waals surface area contributed by atoms with Gasteiger partial charge in [0.2, 0.25) is 5.91 Å². The van der Waals surface area contributed by atoms with Crippen molar-refractivity contribution in [3.63, 3.8) is 0 Å². The van der Waals surface area contributed by atoms with Crippen LogP contribution >= 0.6 is 0 Å². The van der Waals surface area contributed by atoms with Gasteiger partial charge in [0.15, 0.2) is 0 Å². The number of rotatable bonds is 3. The Kier molecular flexibility index (Phi) is 4.39. The summed E-state index contributed by atoms with van der Waals surface area (Å²) in [6.45, 7) is 3.30. The zero-order valence-electron chi connectivity index (χ0n) is 11.1. The molecule has 1 heterocycles. The predicted molar refractivity (Wildman–Crippen MR) is 72.5 cm³/mol. The molecular formula is C14H19N3O2. The molecule has 102 valence electrons. The van der Waals surface area contributed by atoms with E-state index in [-0.39, 0.29) is 18.0 Å². The molecule has 0 radical (unpaired) electrons. The summed E-state index contributed by atoms with van der Waals surface area (Å²) in [6, 6.07) is 9.81. The summed E-state index contributed by atoms with van der Waals surface area (Å²) in [5.41, 5.74) is 1.08. The van der Waals surface area contributed by atoms with E-state index in [2.05, 4.69) is 10.6 Å². The first-order valence-corrected chi connectivity index (χ1v) is 6.49. The van der Waals surface area contributed by atoms with Crippen molar-refractivity contribution in [3.05, 3.63) is 35.9 Å². The Balaban J connectivity index is 1.77. The van der Waals surface area contributed by atoms with Gasteiger partial charge in [-0.25, -0.2) is 4.79 Å². The summed E-state index contributed by atoms with van der Waals surface area (Å²) in [5.74, 6) is -0.0449. The predicted octanol–water partition coefficient (Wildman–Crippen LogP) is 1.11. The van der Waals surface area contributed by atoms with E-state index in [1.54, 1.807) is 4.90 Å². The number of amides is 3. The van der Waals surface area contributed by atoms with E-state index in [1.165, 1.54) is 6.92 Å². The Labute approximate surface area is 113 Å². The highest BCUT2D eigenvalue weighted by molar-refractivity contribution is 5.75. The van der Waals surface area contributed by atoms with Crippen LogP contribution in [0.2, 0.25) is 0 Å². The van der Waals surface area contributed by atoms with Crippen molar-refractivity contribution in [1.29, 1.82) is 0 Å². The third-order valence-corrected chi connectivity index (χ3v) is 3.17. The molecule has 1 aromatic carbocycles. The third-order valence-electron chi connectivity index (χ3n) is 3.17. The van der Waals surface area contributed by atoms with Crippen LogP contribution in [0.3, 0.4) is 0 Å². The van der Waals surface area contributed by atoms with Gasteiger partial charge >= 0.3 is 6.03 Å². The van der Waals surface area contributed by atoms with Crippen LogP contribution in [0.25, 0.3) is 0 Å². The topological polar surface area (TPSA) is 61.4 Å². The Morgan fingerprint density at radius 1 is 1.32 bits per heavy atom. The van der Waals surface area contributed by atoms with Crippen LogP contribution in [0.15, 0.2) is 30.3 Å². The maximum Gasteiger partial charge on any atom is 0.317 e. The number of benzene rings is 1. The number of hydrogen-bond donors (Lipinski definition) is 2. The zero-order chi connectivity index (χ0) is 13.7. The van der Waals surface area contributed by atoms with Crippen molar-refractivity contribution in [1.82, 2.24) is 15.5 Å². The lowest BCUT2D eigenvalue weighted by Crippen LogP contribution is -2.41. The molecule has 0 bridgehead atoms. The van der Waals surface area contributed by atoms with Gasteiger partial charge in [-0.1, -0.05) is 30.3 Å². The molecular weight excluding hydrogens is 242 g/mol. The van der Waals surface area contributed by atoms with Crippen LogP contribution in [-0.2, 0) is 11.3 Å². The van der Waals surface area contributed by atoms with Crippen LogP contribution in [0.1, 0.15) is 18.9 Å². The fourth-order valence-electron chi connectivity index (χ4n) is 2.24. The molecule has 1 aliphatic heterocycles. The van der Waals surface area contributed by atoms with E-state index in [9.17, 15) is 9.59 Å². The standard InChI is InChI=1S/C14H19N3O2/c1-11(18)16-13-7-8-17(10-13)14(19)15-9-12-5-3-2-4-6-12/h2-6,13H,7-10H2,1H3,(H,15,19)(H,16,18). The minimum Gasteiger partial charge on any atom is -0.352 e. The second kappa shape index (κ2) is 6.22. The van der Waals surface area contributed by atoms with Gasteiger partial charge in [-0.15, -0.1) is 0 Å². The van der Waals surface area contributed by atoms with Crippen molar-refractivity contribution in [2.45, 2.75) is 25.9 Å². The maximum absolute atomic E-state index is 12.0. The van der Waals surface area contributed by atoms with Crippen LogP contribution in [0.5, 0.6) is 0 Å². The van der Waals surface area contributed by atoms with Crippen LogP contribution < -0.4 is 10.6 Å². The van der Waals surface area contributed by atoms with E-state index in [0.717, 1.165) is 12.0 Å². The first kappa shape index (κ1) is 13.4. The highest BCUT2D eigenvalue weighted by atomic mass is 16.2. The summed E-state index contributed by atoms with van der Waals surface area (Å²) >= 11 is 0. The van der Waals surface area contributed by atoms with Gasteiger partial charge in [0.05, 0.1) is 0 Å². The summed E-state index contributed by atoms with van der Waals surface area (Å²) in [5, 5.41) is 5.73. The fourth-order valence-corrected chi connectivity index (χ4v) is 2.24. The maximum atomic E-state index is 12.0. The van der Waals surface area contributed by atoms with Gasteiger partial charge < -0.3 is 15.5 Å². The van der Waals surface area contributed by atoms with E-state index >= 15 is 0 Å². The Hall–Kier alpha value is -2.04. The highest BCUT2D eigenvalue weighted by Crippen LogP contribution is 2.09. The molecule has 19 heavy (non-hydrogen) atoms. The summed E-state index contributed by atoms with van der Waals surface area (Å²) in [7, 11) is 0. The van der Waals surface area contributed by atoms with Crippen LogP contribution in [-0.4, -0.2) is 36.0 Å². The Morgan fingerprint density at radius 3 is 2.74 bits per heavy atom. The van der Waals surface area contributed by atoms with Gasteiger partial charge in [-0.05, 0) is 12.0 Å². The summed E-state index contributed by atoms with van der Waals surface area (Å²) in [6.07, 6.45) is 0.818. The van der Waals surface area contributed by atoms with Gasteiger partial charge in [-0.2, -0.15) is 0 Å². The van der Waals surface area contributed by atoms with Crippen molar-refractivity contribution in [2.24, 2.45) is 0 Å². The molecule has 5 heteroatoms. The number of carbonyl (C=O) groups is 2. The molecule has 3 amide bonds. The van der Waals surface area contributed by atoms with E-state index in [1.807, 2.05) is 30.3 Å². The molecule has 1 atom stereocenters. The normalized spacial score (nSPS) is 18.2. The Bertz CT molecular complexity index is 447. The minimum absolute atomic E-state index is 0.0449. The van der Waals surface area contributed by atoms with E-state index in [4.69, 9.17) is 0 Å². The van der Waals surface area contributed by atoms with Gasteiger partial charge in [0.25, 0.3) is 0 Å². The van der Waals surface area contributed by atoms with E-state index < -0.39 is 0 Å². The number of urea groups is 1. The average Bonchev–Trinajstić information content (AvgIpc) is 2.85. The zero-order valence-corrected chi connectivity index (χ0v) is 11.1. The quantitative estimate of drug-likeness (QED) is 0.856. The minimum atomic E-state index is -0.0725. The number of nitrogens with one attached hydrogen (secondary N) is 2. The lowest BCUT2D eigenvalue weighted by atomic mass is 10.2. The molecule has 1 fully saturated rings. The van der Waals surface area contributed by atoms with Gasteiger partial charge in [0.1, 0.15) is 0 Å². The molecule has 0 saturated carbocycles. The van der Waals surface area contributed by atoms with Crippen LogP contribution in [0, 0.1) is 0 Å². The molecule has 1 saturated heterocycles. The molecule has 1 unspecified atom stereocenters. The molecule has 1 aliphatic rings. The molecule has 1 aromatic rings. The first-order chi connectivity index (χ1) is 9.15. The number of nitrogens with zero attached hydrogens (tertiary/aromatic N) is 1. The van der Waals surface area contributed by atoms with Crippen molar-refractivity contribution in [2.75, 3.05) is 13.1 Å². The lowest BCUT2D eigenvalue weighted by molar-refractivity contribution is -0.119. The molecule has 2 N–H and O–H groups in total. The number of likely N-dealkylation sites (tertiary alicyclic amines) is 1. The largest absolute Gasteiger partial charge is 0.352 e. The van der Waals surface area contributed by atoms with Crippen LogP contribution in [0.4, 0.5) is 4.79 Å². The van der Waals surface area contributed by atoms with Crippen molar-refractivity contribution < 1.29 is 9.59 Å². The second-order valence-electron chi connectivity index (χ2n) is 4.78. The average molecular weight is 261 g/mol. The number of hydrogen-bond acceptors (Lipinski definition) is 2. The summed E-state index contributed by atoms with van der Waals surface area (Å²) in [4.78, 5) is 24.6. The molecule has 0 aliphatic carbocycles. The molecule has 5 nitrogen and oxygen atoms in total. The van der Waals surface area contributed by atoms with E-state index in [0.29, 0.717) is 19.6 Å². The molecule has 0 spiro atoms. The lowest BCUT2D eigenvalue weighted by Gasteiger charge is -2.17. The third kappa shape index (κ3) is 3.98. The van der Waals surface area contributed by atoms with Gasteiger partial charge in [-0.3, -0.25) is 4.79 Å². The Morgan fingerprint density at radius 2 is 2.05 bits per heavy atom. The smallest absolute Gasteiger partial charge is 0.317 e. The monoisotopic (exact) mass is 261 g/mol. The number of carbonyl (C=O) groups excluding carboxylic acids is 2. The fraction of sp³-hybridized carbons (Fsp3) is 0.429.